The van der Waals surface area contributed by atoms with Crippen LogP contribution in [0.3, 0.4) is 0 Å². The topological polar surface area (TPSA) is 32.8 Å². The summed E-state index contributed by atoms with van der Waals surface area (Å²) in [6, 6.07) is 25.3. The Morgan fingerprint density at radius 1 is 0.871 bits per heavy atom. The fourth-order valence-corrected chi connectivity index (χ4v) is 4.70. The van der Waals surface area contributed by atoms with Crippen LogP contribution in [0.2, 0.25) is 5.02 Å². The lowest BCUT2D eigenvalue weighted by molar-refractivity contribution is 0.682. The maximum Gasteiger partial charge on any atom is 0.0493 e. The van der Waals surface area contributed by atoms with Crippen molar-refractivity contribution in [2.24, 2.45) is 0 Å². The summed E-state index contributed by atoms with van der Waals surface area (Å²) >= 11 is 6.45. The summed E-state index contributed by atoms with van der Waals surface area (Å²) in [4.78, 5) is 3.37. The number of nitrogens with zero attached hydrogens (tertiary/aromatic N) is 1. The minimum Gasteiger partial charge on any atom is -0.361 e. The summed E-state index contributed by atoms with van der Waals surface area (Å²) in [6.45, 7) is 4.78. The van der Waals surface area contributed by atoms with E-state index in [1.54, 1.807) is 0 Å². The smallest absolute Gasteiger partial charge is 0.0493 e. The first-order valence-corrected chi connectivity index (χ1v) is 11.2. The van der Waals surface area contributed by atoms with E-state index in [9.17, 15) is 0 Å². The molecule has 5 aromatic rings. The number of para-hydroxylation sites is 2. The number of benzene rings is 3. The third kappa shape index (κ3) is 3.87. The molecule has 2 aromatic heterocycles. The second-order valence-corrected chi connectivity index (χ2v) is 8.45. The Morgan fingerprint density at radius 2 is 1.61 bits per heavy atom. The van der Waals surface area contributed by atoms with Gasteiger partial charge in [-0.25, -0.2) is 0 Å². The van der Waals surface area contributed by atoms with Gasteiger partial charge in [-0.2, -0.15) is 0 Å². The molecule has 0 unspecified atom stereocenters. The Morgan fingerprint density at radius 3 is 2.48 bits per heavy atom. The summed E-state index contributed by atoms with van der Waals surface area (Å²) in [6.07, 6.45) is 3.13. The Kier molecular flexibility index (Phi) is 5.54. The van der Waals surface area contributed by atoms with Crippen LogP contribution in [-0.2, 0) is 19.5 Å². The summed E-state index contributed by atoms with van der Waals surface area (Å²) in [7, 11) is 0. The monoisotopic (exact) mass is 427 g/mol. The number of rotatable bonds is 7. The summed E-state index contributed by atoms with van der Waals surface area (Å²) in [5.41, 5.74) is 7.62. The van der Waals surface area contributed by atoms with Gasteiger partial charge in [-0.1, -0.05) is 66.2 Å². The fourth-order valence-electron chi connectivity index (χ4n) is 4.50. The fraction of sp³-hybridized carbons (Fsp3) is 0.185. The average molecular weight is 428 g/mol. The van der Waals surface area contributed by atoms with E-state index in [1.807, 2.05) is 12.1 Å². The molecule has 0 atom stereocenters. The maximum atomic E-state index is 6.45. The van der Waals surface area contributed by atoms with Crippen molar-refractivity contribution in [2.45, 2.75) is 26.4 Å². The number of hydrogen-bond donors (Lipinski definition) is 2. The SMILES string of the molecule is Cc1c(CNCCc2c[nH]c3ccccc23)c2ccccc2n1Cc1ccccc1Cl. The minimum absolute atomic E-state index is 0.779. The number of aromatic nitrogens is 2. The molecule has 0 amide bonds. The zero-order chi connectivity index (χ0) is 21.2. The highest BCUT2D eigenvalue weighted by atomic mass is 35.5. The third-order valence-electron chi connectivity index (χ3n) is 6.20. The van der Waals surface area contributed by atoms with Crippen LogP contribution in [0.15, 0.2) is 79.0 Å². The molecule has 0 aliphatic heterocycles. The van der Waals surface area contributed by atoms with Gasteiger partial charge >= 0.3 is 0 Å². The lowest BCUT2D eigenvalue weighted by atomic mass is 10.1. The van der Waals surface area contributed by atoms with E-state index < -0.39 is 0 Å². The molecular weight excluding hydrogens is 402 g/mol. The number of fused-ring (bicyclic) bond motifs is 2. The third-order valence-corrected chi connectivity index (χ3v) is 6.56. The van der Waals surface area contributed by atoms with Gasteiger partial charge in [-0.15, -0.1) is 0 Å². The molecule has 0 saturated heterocycles. The van der Waals surface area contributed by atoms with Gasteiger partial charge in [-0.05, 0) is 54.8 Å². The highest BCUT2D eigenvalue weighted by Crippen LogP contribution is 2.28. The van der Waals surface area contributed by atoms with Crippen LogP contribution in [0.1, 0.15) is 22.4 Å². The predicted molar refractivity (Wildman–Crippen MR) is 131 cm³/mol. The first-order valence-electron chi connectivity index (χ1n) is 10.8. The molecule has 2 heterocycles. The molecule has 156 valence electrons. The quantitative estimate of drug-likeness (QED) is 0.287. The van der Waals surface area contributed by atoms with Crippen molar-refractivity contribution in [3.63, 3.8) is 0 Å². The van der Waals surface area contributed by atoms with Crippen LogP contribution in [0.4, 0.5) is 0 Å². The second kappa shape index (κ2) is 8.62. The Balaban J connectivity index is 1.35. The van der Waals surface area contributed by atoms with Crippen molar-refractivity contribution in [2.75, 3.05) is 6.54 Å². The van der Waals surface area contributed by atoms with Crippen molar-refractivity contribution in [1.29, 1.82) is 0 Å². The van der Waals surface area contributed by atoms with Crippen molar-refractivity contribution in [3.8, 4) is 0 Å². The van der Waals surface area contributed by atoms with Gasteiger partial charge in [0.25, 0.3) is 0 Å². The highest BCUT2D eigenvalue weighted by Gasteiger charge is 2.14. The van der Waals surface area contributed by atoms with E-state index in [4.69, 9.17) is 11.6 Å². The number of hydrogen-bond acceptors (Lipinski definition) is 1. The van der Waals surface area contributed by atoms with E-state index in [-0.39, 0.29) is 0 Å². The summed E-state index contributed by atoms with van der Waals surface area (Å²) in [5, 5.41) is 7.12. The molecule has 2 N–H and O–H groups in total. The van der Waals surface area contributed by atoms with Crippen molar-refractivity contribution in [3.05, 3.63) is 106 Å². The van der Waals surface area contributed by atoms with Crippen LogP contribution in [0.5, 0.6) is 0 Å². The van der Waals surface area contributed by atoms with Gasteiger partial charge in [0, 0.05) is 51.8 Å². The molecular formula is C27H26ClN3. The second-order valence-electron chi connectivity index (χ2n) is 8.04. The lowest BCUT2D eigenvalue weighted by Crippen LogP contribution is -2.17. The van der Waals surface area contributed by atoms with Crippen LogP contribution >= 0.6 is 11.6 Å². The predicted octanol–water partition coefficient (Wildman–Crippen LogP) is 6.47. The van der Waals surface area contributed by atoms with Crippen LogP contribution in [0.25, 0.3) is 21.8 Å². The highest BCUT2D eigenvalue weighted by molar-refractivity contribution is 6.31. The van der Waals surface area contributed by atoms with Crippen LogP contribution in [-0.4, -0.2) is 16.1 Å². The normalized spacial score (nSPS) is 11.5. The molecule has 31 heavy (non-hydrogen) atoms. The van der Waals surface area contributed by atoms with Gasteiger partial charge in [0.05, 0.1) is 0 Å². The zero-order valence-electron chi connectivity index (χ0n) is 17.7. The summed E-state index contributed by atoms with van der Waals surface area (Å²) in [5.74, 6) is 0. The van der Waals surface area contributed by atoms with Crippen LogP contribution < -0.4 is 5.32 Å². The molecule has 3 nitrogen and oxygen atoms in total. The molecule has 0 aliphatic rings. The van der Waals surface area contributed by atoms with E-state index in [0.717, 1.165) is 36.6 Å². The largest absolute Gasteiger partial charge is 0.361 e. The van der Waals surface area contributed by atoms with E-state index in [0.29, 0.717) is 0 Å². The zero-order valence-corrected chi connectivity index (χ0v) is 18.4. The Bertz CT molecular complexity index is 1350. The maximum absolute atomic E-state index is 6.45. The Labute approximate surface area is 187 Å². The van der Waals surface area contributed by atoms with Gasteiger partial charge < -0.3 is 14.9 Å². The van der Waals surface area contributed by atoms with Crippen molar-refractivity contribution >= 4 is 33.4 Å². The number of H-pyrrole nitrogens is 1. The molecule has 0 spiro atoms. The number of aromatic amines is 1. The standard InChI is InChI=1S/C27H26ClN3/c1-19-24(17-29-15-14-20-16-30-26-12-6-3-9-22(20)26)23-10-4-7-13-27(23)31(19)18-21-8-2-5-11-25(21)28/h2-13,16,29-30H,14-15,17-18H2,1H3. The van der Waals surface area contributed by atoms with Crippen molar-refractivity contribution < 1.29 is 0 Å². The van der Waals surface area contributed by atoms with Crippen LogP contribution in [0, 0.1) is 6.92 Å². The molecule has 4 heteroatoms. The Hall–Kier alpha value is -3.01. The molecule has 0 fully saturated rings. The van der Waals surface area contributed by atoms with E-state index in [2.05, 4.69) is 88.7 Å². The molecule has 0 bridgehead atoms. The van der Waals surface area contributed by atoms with Gasteiger partial charge in [-0.3, -0.25) is 0 Å². The molecule has 0 aliphatic carbocycles. The minimum atomic E-state index is 0.779. The average Bonchev–Trinajstić information content (AvgIpc) is 3.32. The molecule has 3 aromatic carbocycles. The van der Waals surface area contributed by atoms with Gasteiger partial charge in [0.2, 0.25) is 0 Å². The molecule has 5 rings (SSSR count). The van der Waals surface area contributed by atoms with E-state index in [1.165, 1.54) is 38.6 Å². The van der Waals surface area contributed by atoms with Gasteiger partial charge in [0.15, 0.2) is 0 Å². The first-order chi connectivity index (χ1) is 15.2. The summed E-state index contributed by atoms with van der Waals surface area (Å²) < 4.78 is 2.38. The molecule has 0 radical (unpaired) electrons. The number of nitrogens with one attached hydrogen (secondary N) is 2. The first kappa shape index (κ1) is 19.9. The van der Waals surface area contributed by atoms with E-state index >= 15 is 0 Å². The lowest BCUT2D eigenvalue weighted by Gasteiger charge is -2.11. The molecule has 0 saturated carbocycles. The van der Waals surface area contributed by atoms with Crippen molar-refractivity contribution in [1.82, 2.24) is 14.9 Å². The van der Waals surface area contributed by atoms with Gasteiger partial charge in [0.1, 0.15) is 0 Å². The number of halogens is 1.